The molecule has 138 valence electrons. The summed E-state index contributed by atoms with van der Waals surface area (Å²) < 4.78 is 2.08. The lowest BCUT2D eigenvalue weighted by molar-refractivity contribution is -0.136. The lowest BCUT2D eigenvalue weighted by atomic mass is 9.98. The van der Waals surface area contributed by atoms with Crippen molar-refractivity contribution in [2.45, 2.75) is 45.2 Å². The molecular weight excluding hydrogens is 326 g/mol. The van der Waals surface area contributed by atoms with Crippen LogP contribution >= 0.6 is 0 Å². The van der Waals surface area contributed by atoms with Crippen molar-refractivity contribution < 1.29 is 9.59 Å². The molecule has 5 heteroatoms. The molecule has 1 aromatic heterocycles. The van der Waals surface area contributed by atoms with Crippen LogP contribution in [0, 0.1) is 6.92 Å². The molecule has 1 fully saturated rings. The molecule has 1 aliphatic rings. The maximum atomic E-state index is 13.1. The van der Waals surface area contributed by atoms with Gasteiger partial charge in [-0.25, -0.2) is 0 Å². The quantitative estimate of drug-likeness (QED) is 0.918. The van der Waals surface area contributed by atoms with Gasteiger partial charge in [-0.1, -0.05) is 17.7 Å². The van der Waals surface area contributed by atoms with Crippen molar-refractivity contribution in [3.63, 3.8) is 0 Å². The molecule has 26 heavy (non-hydrogen) atoms. The molecular formula is C21H27N3O2. The Morgan fingerprint density at radius 1 is 1.19 bits per heavy atom. The minimum atomic E-state index is -0.552. The van der Waals surface area contributed by atoms with Crippen LogP contribution in [0.3, 0.4) is 0 Å². The number of carbonyl (C=O) groups excluding carboxylic acids is 2. The molecule has 1 saturated heterocycles. The second kappa shape index (κ2) is 7.77. The summed E-state index contributed by atoms with van der Waals surface area (Å²) in [5.41, 5.74) is 2.76. The van der Waals surface area contributed by atoms with Crippen LogP contribution in [0.25, 0.3) is 0 Å². The Morgan fingerprint density at radius 2 is 2.00 bits per heavy atom. The molecule has 0 saturated carbocycles. The van der Waals surface area contributed by atoms with E-state index in [-0.39, 0.29) is 17.9 Å². The molecule has 0 spiro atoms. The van der Waals surface area contributed by atoms with Gasteiger partial charge >= 0.3 is 0 Å². The number of hydrogen-bond donors (Lipinski definition) is 1. The molecule has 2 aromatic rings. The first kappa shape index (κ1) is 18.2. The third-order valence-corrected chi connectivity index (χ3v) is 5.11. The third-order valence-electron chi connectivity index (χ3n) is 5.11. The third kappa shape index (κ3) is 3.82. The van der Waals surface area contributed by atoms with Crippen LogP contribution in [0.1, 0.15) is 53.8 Å². The summed E-state index contributed by atoms with van der Waals surface area (Å²) in [5.74, 6) is -0.223. The Morgan fingerprint density at radius 3 is 2.69 bits per heavy atom. The van der Waals surface area contributed by atoms with E-state index < -0.39 is 6.04 Å². The van der Waals surface area contributed by atoms with Crippen molar-refractivity contribution in [1.29, 1.82) is 0 Å². The number of benzene rings is 1. The fourth-order valence-corrected chi connectivity index (χ4v) is 3.70. The van der Waals surface area contributed by atoms with E-state index in [2.05, 4.69) is 16.0 Å². The lowest BCUT2D eigenvalue weighted by Gasteiger charge is -2.37. The number of amides is 2. The maximum absolute atomic E-state index is 13.1. The average molecular weight is 353 g/mol. The van der Waals surface area contributed by atoms with Crippen LogP contribution in [-0.4, -0.2) is 33.9 Å². The number of likely N-dealkylation sites (tertiary alicyclic amines) is 1. The van der Waals surface area contributed by atoms with E-state index in [1.807, 2.05) is 49.3 Å². The molecule has 2 amide bonds. The van der Waals surface area contributed by atoms with Crippen molar-refractivity contribution in [2.24, 2.45) is 7.05 Å². The zero-order valence-electron chi connectivity index (χ0n) is 15.7. The van der Waals surface area contributed by atoms with Gasteiger partial charge in [0.1, 0.15) is 6.04 Å². The molecule has 1 aromatic carbocycles. The number of aryl methyl sites for hydroxylation is 2. The van der Waals surface area contributed by atoms with E-state index in [4.69, 9.17) is 0 Å². The zero-order chi connectivity index (χ0) is 18.7. The molecule has 3 rings (SSSR count). The highest BCUT2D eigenvalue weighted by Gasteiger charge is 2.32. The largest absolute Gasteiger partial charge is 0.353 e. The SMILES string of the molecule is Cc1cccc(C(=O)NC(C)C(=O)N2CCCCC2c2cccn2C)c1. The smallest absolute Gasteiger partial charge is 0.251 e. The summed E-state index contributed by atoms with van der Waals surface area (Å²) in [6.07, 6.45) is 5.09. The number of aromatic nitrogens is 1. The van der Waals surface area contributed by atoms with Gasteiger partial charge in [-0.3, -0.25) is 9.59 Å². The highest BCUT2D eigenvalue weighted by atomic mass is 16.2. The fraction of sp³-hybridized carbons (Fsp3) is 0.429. The highest BCUT2D eigenvalue weighted by molar-refractivity contribution is 5.97. The second-order valence-electron chi connectivity index (χ2n) is 7.15. The summed E-state index contributed by atoms with van der Waals surface area (Å²) in [6, 6.07) is 11.0. The first-order valence-corrected chi connectivity index (χ1v) is 9.26. The molecule has 0 aliphatic carbocycles. The van der Waals surface area contributed by atoms with Crippen LogP contribution in [0.2, 0.25) is 0 Å². The maximum Gasteiger partial charge on any atom is 0.251 e. The Balaban J connectivity index is 1.72. The Kier molecular flexibility index (Phi) is 5.45. The lowest BCUT2D eigenvalue weighted by Crippen LogP contribution is -2.49. The first-order chi connectivity index (χ1) is 12.5. The number of nitrogens with zero attached hydrogens (tertiary/aromatic N) is 2. The van der Waals surface area contributed by atoms with Gasteiger partial charge in [0, 0.05) is 31.0 Å². The number of nitrogens with one attached hydrogen (secondary N) is 1. The van der Waals surface area contributed by atoms with E-state index in [1.165, 1.54) is 0 Å². The van der Waals surface area contributed by atoms with Gasteiger partial charge < -0.3 is 14.8 Å². The predicted molar refractivity (Wildman–Crippen MR) is 102 cm³/mol. The number of piperidine rings is 1. The van der Waals surface area contributed by atoms with Crippen LogP contribution in [0.4, 0.5) is 0 Å². The minimum Gasteiger partial charge on any atom is -0.353 e. The standard InChI is InChI=1S/C21H27N3O2/c1-15-8-6-9-17(14-15)20(25)22-16(2)21(26)24-13-5-4-10-19(24)18-11-7-12-23(18)3/h6-9,11-12,14,16,19H,4-5,10,13H2,1-3H3,(H,22,25). The van der Waals surface area contributed by atoms with Gasteiger partial charge in [0.15, 0.2) is 0 Å². The van der Waals surface area contributed by atoms with E-state index in [0.717, 1.165) is 37.1 Å². The van der Waals surface area contributed by atoms with Crippen LogP contribution in [-0.2, 0) is 11.8 Å². The topological polar surface area (TPSA) is 54.3 Å². The Bertz CT molecular complexity index is 796. The summed E-state index contributed by atoms with van der Waals surface area (Å²) in [6.45, 7) is 4.45. The van der Waals surface area contributed by atoms with Crippen LogP contribution < -0.4 is 5.32 Å². The molecule has 0 bridgehead atoms. The van der Waals surface area contributed by atoms with Gasteiger partial charge in [-0.05, 0) is 57.4 Å². The molecule has 0 radical (unpaired) electrons. The van der Waals surface area contributed by atoms with Crippen LogP contribution in [0.5, 0.6) is 0 Å². The molecule has 2 heterocycles. The van der Waals surface area contributed by atoms with Crippen molar-refractivity contribution in [3.05, 3.63) is 59.4 Å². The summed E-state index contributed by atoms with van der Waals surface area (Å²) >= 11 is 0. The summed E-state index contributed by atoms with van der Waals surface area (Å²) in [4.78, 5) is 27.5. The van der Waals surface area contributed by atoms with E-state index in [1.54, 1.807) is 13.0 Å². The molecule has 1 aliphatic heterocycles. The molecule has 5 nitrogen and oxygen atoms in total. The Labute approximate surface area is 155 Å². The van der Waals surface area contributed by atoms with Gasteiger partial charge in [0.25, 0.3) is 5.91 Å². The zero-order valence-corrected chi connectivity index (χ0v) is 15.7. The van der Waals surface area contributed by atoms with Gasteiger partial charge in [0.05, 0.1) is 6.04 Å². The minimum absolute atomic E-state index is 0.0168. The molecule has 2 unspecified atom stereocenters. The van der Waals surface area contributed by atoms with Gasteiger partial charge in [-0.2, -0.15) is 0 Å². The summed E-state index contributed by atoms with van der Waals surface area (Å²) in [7, 11) is 2.01. The summed E-state index contributed by atoms with van der Waals surface area (Å²) in [5, 5.41) is 2.86. The fourth-order valence-electron chi connectivity index (χ4n) is 3.70. The van der Waals surface area contributed by atoms with E-state index in [0.29, 0.717) is 5.56 Å². The Hall–Kier alpha value is -2.56. The van der Waals surface area contributed by atoms with Crippen LogP contribution in [0.15, 0.2) is 42.6 Å². The molecule has 2 atom stereocenters. The van der Waals surface area contributed by atoms with Crippen molar-refractivity contribution >= 4 is 11.8 Å². The van der Waals surface area contributed by atoms with Crippen molar-refractivity contribution in [1.82, 2.24) is 14.8 Å². The van der Waals surface area contributed by atoms with E-state index >= 15 is 0 Å². The monoisotopic (exact) mass is 353 g/mol. The average Bonchev–Trinajstić information content (AvgIpc) is 3.06. The first-order valence-electron chi connectivity index (χ1n) is 9.26. The predicted octanol–water partition coefficient (Wildman–Crippen LogP) is 3.21. The number of hydrogen-bond acceptors (Lipinski definition) is 2. The normalized spacial score (nSPS) is 18.4. The van der Waals surface area contributed by atoms with E-state index in [9.17, 15) is 9.59 Å². The van der Waals surface area contributed by atoms with Crippen molar-refractivity contribution in [2.75, 3.05) is 6.54 Å². The number of carbonyl (C=O) groups is 2. The highest BCUT2D eigenvalue weighted by Crippen LogP contribution is 2.31. The van der Waals surface area contributed by atoms with Crippen molar-refractivity contribution in [3.8, 4) is 0 Å². The number of rotatable bonds is 4. The second-order valence-corrected chi connectivity index (χ2v) is 7.15. The van der Waals surface area contributed by atoms with Gasteiger partial charge in [0.2, 0.25) is 5.91 Å². The molecule has 1 N–H and O–H groups in total. The van der Waals surface area contributed by atoms with Gasteiger partial charge in [-0.15, -0.1) is 0 Å².